The Kier molecular flexibility index (Phi) is 9.59. The van der Waals surface area contributed by atoms with Crippen LogP contribution in [0.4, 0.5) is 0 Å². The van der Waals surface area contributed by atoms with Gasteiger partial charge in [0.2, 0.25) is 5.78 Å². The first-order valence-corrected chi connectivity index (χ1v) is 10.4. The maximum atomic E-state index is 12.1. The zero-order valence-corrected chi connectivity index (χ0v) is 18.7. The van der Waals surface area contributed by atoms with Gasteiger partial charge in [0.25, 0.3) is 0 Å². The van der Waals surface area contributed by atoms with Crippen molar-refractivity contribution in [3.05, 3.63) is 83.8 Å². The number of ketones is 1. The summed E-state index contributed by atoms with van der Waals surface area (Å²) in [5, 5.41) is 12.3. The molecule has 1 atom stereocenters. The lowest BCUT2D eigenvalue weighted by Crippen LogP contribution is -2.11. The highest BCUT2D eigenvalue weighted by atomic mass is 32.2. The average Bonchev–Trinajstić information content (AvgIpc) is 3.34. The number of benzene rings is 2. The highest BCUT2D eigenvalue weighted by Crippen LogP contribution is 2.28. The van der Waals surface area contributed by atoms with Gasteiger partial charge in [-0.3, -0.25) is 9.59 Å². The van der Waals surface area contributed by atoms with Crippen molar-refractivity contribution in [1.82, 2.24) is 0 Å². The number of oxime groups is 1. The molecule has 0 aliphatic heterocycles. The molecule has 3 aromatic rings. The molecule has 1 aromatic heterocycles. The van der Waals surface area contributed by atoms with E-state index in [9.17, 15) is 14.4 Å². The van der Waals surface area contributed by atoms with Gasteiger partial charge in [-0.15, -0.1) is 0 Å². The van der Waals surface area contributed by atoms with E-state index in [2.05, 4.69) is 9.99 Å². The van der Waals surface area contributed by atoms with Crippen molar-refractivity contribution in [1.29, 1.82) is 0 Å². The Bertz CT molecular complexity index is 1050. The van der Waals surface area contributed by atoms with E-state index in [4.69, 9.17) is 9.52 Å². The number of furan rings is 1. The van der Waals surface area contributed by atoms with Gasteiger partial charge in [0, 0.05) is 27.8 Å². The van der Waals surface area contributed by atoms with E-state index >= 15 is 0 Å². The molecule has 0 aliphatic carbocycles. The van der Waals surface area contributed by atoms with Gasteiger partial charge in [-0.25, -0.2) is 4.79 Å². The van der Waals surface area contributed by atoms with Crippen LogP contribution in [0.15, 0.2) is 86.3 Å². The molecule has 0 saturated carbocycles. The van der Waals surface area contributed by atoms with Crippen LogP contribution >= 0.6 is 11.8 Å². The van der Waals surface area contributed by atoms with E-state index in [1.165, 1.54) is 25.6 Å². The van der Waals surface area contributed by atoms with Crippen LogP contribution in [0.3, 0.4) is 0 Å². The molecule has 0 fully saturated rings. The third-order valence-corrected chi connectivity index (χ3v) is 4.98. The molecular weight excluding hydrogens is 430 g/mol. The molecule has 0 aliphatic rings. The summed E-state index contributed by atoms with van der Waals surface area (Å²) < 4.78 is 4.84. The van der Waals surface area contributed by atoms with Gasteiger partial charge in [0.1, 0.15) is 23.9 Å². The largest absolute Gasteiger partial charge is 0.467 e. The minimum absolute atomic E-state index is 0.107. The summed E-state index contributed by atoms with van der Waals surface area (Å²) in [7, 11) is 0. The summed E-state index contributed by atoms with van der Waals surface area (Å²) in [4.78, 5) is 39.9. The molecule has 7 nitrogen and oxygen atoms in total. The summed E-state index contributed by atoms with van der Waals surface area (Å²) in [5.74, 6) is -0.261. The number of Topliss-reactive ketones (excluding diaryl/α,β-unsaturated/α-hetero) is 1. The van der Waals surface area contributed by atoms with Crippen molar-refractivity contribution in [3.8, 4) is 0 Å². The molecule has 0 saturated heterocycles. The third kappa shape index (κ3) is 7.98. The maximum Gasteiger partial charge on any atom is 0.331 e. The minimum atomic E-state index is -0.575. The molecule has 166 valence electrons. The number of nitrogens with zero attached hydrogens (tertiary/aromatic N) is 1. The lowest BCUT2D eigenvalue weighted by atomic mass is 10.1. The summed E-state index contributed by atoms with van der Waals surface area (Å²) in [6.07, 6.45) is 1.86. The molecule has 1 N–H and O–H groups in total. The van der Waals surface area contributed by atoms with E-state index in [0.717, 1.165) is 16.1 Å². The van der Waals surface area contributed by atoms with E-state index in [1.807, 2.05) is 24.3 Å². The zero-order valence-electron chi connectivity index (χ0n) is 17.8. The zero-order chi connectivity index (χ0) is 23.5. The number of carbonyl (C=O) groups is 3. The quantitative estimate of drug-likeness (QED) is 0.174. The average molecular weight is 454 g/mol. The van der Waals surface area contributed by atoms with Crippen LogP contribution in [-0.4, -0.2) is 28.9 Å². The summed E-state index contributed by atoms with van der Waals surface area (Å²) in [6, 6.07) is 17.8. The second-order valence-corrected chi connectivity index (χ2v) is 7.74. The lowest BCUT2D eigenvalue weighted by Gasteiger charge is -2.04. The van der Waals surface area contributed by atoms with E-state index in [1.54, 1.807) is 49.6 Å². The van der Waals surface area contributed by atoms with E-state index < -0.39 is 12.1 Å². The standard InChI is InChI=1S/C18H15NO4S.C6H8O2/c1-12(19-23-13(2)21)18(22)15-5-9-17(10-6-15)24-16-7-3-14(11-20)4-8-16;1-5(7)6-3-2-4-8-6/h3-11H,1-2H3;2-5,7H,1H3/b19-12+;. The molecule has 32 heavy (non-hydrogen) atoms. The predicted octanol–water partition coefficient (Wildman–Crippen LogP) is 5.10. The number of aldehydes is 1. The van der Waals surface area contributed by atoms with Gasteiger partial charge in [0.15, 0.2) is 0 Å². The van der Waals surface area contributed by atoms with Crippen molar-refractivity contribution >= 4 is 35.5 Å². The first-order valence-electron chi connectivity index (χ1n) is 9.61. The number of rotatable bonds is 7. The topological polar surface area (TPSA) is 106 Å². The molecule has 1 heterocycles. The van der Waals surface area contributed by atoms with Crippen molar-refractivity contribution in [3.63, 3.8) is 0 Å². The summed E-state index contributed by atoms with van der Waals surface area (Å²) in [5.41, 5.74) is 1.20. The number of hydrogen-bond acceptors (Lipinski definition) is 8. The molecule has 1 unspecified atom stereocenters. The van der Waals surface area contributed by atoms with E-state index in [-0.39, 0.29) is 11.5 Å². The Morgan fingerprint density at radius 1 is 1.03 bits per heavy atom. The SMILES string of the molecule is CC(=O)O/N=C(\C)C(=O)c1ccc(Sc2ccc(C=O)cc2)cc1.CC(O)c1ccco1. The van der Waals surface area contributed by atoms with Crippen molar-refractivity contribution in [2.75, 3.05) is 0 Å². The van der Waals surface area contributed by atoms with Crippen LogP contribution in [0.5, 0.6) is 0 Å². The highest BCUT2D eigenvalue weighted by molar-refractivity contribution is 7.99. The van der Waals surface area contributed by atoms with Crippen molar-refractivity contribution in [2.45, 2.75) is 36.7 Å². The van der Waals surface area contributed by atoms with Crippen LogP contribution in [0, 0.1) is 0 Å². The predicted molar refractivity (Wildman–Crippen MR) is 121 cm³/mol. The summed E-state index contributed by atoms with van der Waals surface area (Å²) in [6.45, 7) is 4.37. The second-order valence-electron chi connectivity index (χ2n) is 6.59. The molecule has 0 amide bonds. The molecule has 2 aromatic carbocycles. The lowest BCUT2D eigenvalue weighted by molar-refractivity contribution is -0.140. The Balaban J connectivity index is 0.000000380. The number of carbonyl (C=O) groups excluding carboxylic acids is 3. The molecule has 8 heteroatoms. The first-order chi connectivity index (χ1) is 15.3. The Labute approximate surface area is 190 Å². The van der Waals surface area contributed by atoms with Gasteiger partial charge in [-0.1, -0.05) is 29.1 Å². The third-order valence-electron chi connectivity index (χ3n) is 3.96. The minimum Gasteiger partial charge on any atom is -0.467 e. The maximum absolute atomic E-state index is 12.1. The fourth-order valence-electron chi connectivity index (χ4n) is 2.34. The first kappa shape index (κ1) is 24.8. The van der Waals surface area contributed by atoms with Crippen LogP contribution in [-0.2, 0) is 9.63 Å². The van der Waals surface area contributed by atoms with E-state index in [0.29, 0.717) is 16.9 Å². The fraction of sp³-hybridized carbons (Fsp3) is 0.167. The summed E-state index contributed by atoms with van der Waals surface area (Å²) >= 11 is 1.52. The van der Waals surface area contributed by atoms with Crippen LogP contribution in [0.25, 0.3) is 0 Å². The fourth-order valence-corrected chi connectivity index (χ4v) is 3.15. The second kappa shape index (κ2) is 12.4. The van der Waals surface area contributed by atoms with Gasteiger partial charge < -0.3 is 14.4 Å². The highest BCUT2D eigenvalue weighted by Gasteiger charge is 2.11. The normalized spacial score (nSPS) is 11.7. The number of aliphatic hydroxyl groups excluding tert-OH is 1. The van der Waals surface area contributed by atoms with Crippen LogP contribution in [0.1, 0.15) is 53.4 Å². The number of aliphatic hydroxyl groups is 1. The van der Waals surface area contributed by atoms with Crippen molar-refractivity contribution < 1.29 is 28.7 Å². The Morgan fingerprint density at radius 3 is 2.06 bits per heavy atom. The van der Waals surface area contributed by atoms with Gasteiger partial charge in [-0.2, -0.15) is 0 Å². The molecule has 0 radical (unpaired) electrons. The molecule has 3 rings (SSSR count). The molecular formula is C24H23NO6S. The van der Waals surface area contributed by atoms with Gasteiger partial charge in [-0.05, 0) is 62.4 Å². The Hall–Kier alpha value is -3.49. The van der Waals surface area contributed by atoms with Crippen molar-refractivity contribution in [2.24, 2.45) is 5.16 Å². The molecule has 0 spiro atoms. The monoisotopic (exact) mass is 453 g/mol. The number of hydrogen-bond donors (Lipinski definition) is 1. The molecule has 0 bridgehead atoms. The van der Waals surface area contributed by atoms with Gasteiger partial charge >= 0.3 is 5.97 Å². The Morgan fingerprint density at radius 2 is 1.62 bits per heavy atom. The van der Waals surface area contributed by atoms with Crippen LogP contribution < -0.4 is 0 Å². The van der Waals surface area contributed by atoms with Gasteiger partial charge in [0.05, 0.1) is 6.26 Å². The van der Waals surface area contributed by atoms with Crippen LogP contribution in [0.2, 0.25) is 0 Å². The smallest absolute Gasteiger partial charge is 0.331 e.